The quantitative estimate of drug-likeness (QED) is 0.173. The Balaban J connectivity index is 1.19. The molecule has 0 spiro atoms. The van der Waals surface area contributed by atoms with Crippen LogP contribution in [0.3, 0.4) is 0 Å². The normalized spacial score (nSPS) is 13.1. The molecule has 1 aliphatic rings. The van der Waals surface area contributed by atoms with Crippen molar-refractivity contribution >= 4 is 43.7 Å². The van der Waals surface area contributed by atoms with E-state index in [1.54, 1.807) is 0 Å². The van der Waals surface area contributed by atoms with Crippen LogP contribution in [0.4, 0.5) is 0 Å². The Bertz CT molecular complexity index is 3300. The van der Waals surface area contributed by atoms with Crippen molar-refractivity contribution in [1.29, 1.82) is 0 Å². The van der Waals surface area contributed by atoms with Crippen LogP contribution in [0.25, 0.3) is 82.8 Å². The minimum Gasteiger partial charge on any atom is -0.455 e. The SMILES string of the molecule is c1ccc(-c2cc(-c3cccc4c3oc3ccccc34)cc(-n3c4ccccc4c4cc5c(cc43)C(c3ccccc3)(c3ccccc3)c3ccccc3-5)c2)cc1. The molecule has 0 N–H and O–H groups in total. The van der Waals surface area contributed by atoms with Crippen LogP contribution in [0, 0.1) is 0 Å². The summed E-state index contributed by atoms with van der Waals surface area (Å²) in [5, 5.41) is 4.73. The molecule has 0 bridgehead atoms. The molecule has 9 aromatic carbocycles. The van der Waals surface area contributed by atoms with Gasteiger partial charge in [-0.15, -0.1) is 0 Å². The van der Waals surface area contributed by atoms with Crippen LogP contribution < -0.4 is 0 Å². The van der Waals surface area contributed by atoms with Crippen molar-refractivity contribution in [1.82, 2.24) is 4.57 Å². The Kier molecular flexibility index (Phi) is 6.88. The maximum atomic E-state index is 6.64. The van der Waals surface area contributed by atoms with E-state index in [1.807, 2.05) is 6.07 Å². The summed E-state index contributed by atoms with van der Waals surface area (Å²) in [5.41, 5.74) is 17.0. The van der Waals surface area contributed by atoms with E-state index in [-0.39, 0.29) is 0 Å². The van der Waals surface area contributed by atoms with E-state index in [2.05, 4.69) is 211 Å². The van der Waals surface area contributed by atoms with Crippen molar-refractivity contribution in [3.63, 3.8) is 0 Å². The zero-order chi connectivity index (χ0) is 37.5. The summed E-state index contributed by atoms with van der Waals surface area (Å²) in [7, 11) is 0. The van der Waals surface area contributed by atoms with Crippen molar-refractivity contribution < 1.29 is 4.42 Å². The van der Waals surface area contributed by atoms with Gasteiger partial charge in [0.15, 0.2) is 0 Å². The molecule has 0 fully saturated rings. The number of para-hydroxylation sites is 3. The largest absolute Gasteiger partial charge is 0.455 e. The topological polar surface area (TPSA) is 18.1 Å². The summed E-state index contributed by atoms with van der Waals surface area (Å²) in [6.07, 6.45) is 0. The molecule has 0 saturated carbocycles. The van der Waals surface area contributed by atoms with Crippen LogP contribution in [-0.4, -0.2) is 4.57 Å². The van der Waals surface area contributed by atoms with Crippen LogP contribution in [-0.2, 0) is 5.41 Å². The Morgan fingerprint density at radius 1 is 0.351 bits per heavy atom. The minimum absolute atomic E-state index is 0.502. The van der Waals surface area contributed by atoms with Gasteiger partial charge in [0.05, 0.1) is 16.4 Å². The molecule has 2 aromatic heterocycles. The van der Waals surface area contributed by atoms with Crippen molar-refractivity contribution in [2.45, 2.75) is 5.41 Å². The monoisotopic (exact) mass is 725 g/mol. The zero-order valence-electron chi connectivity index (χ0n) is 31.1. The number of hydrogen-bond donors (Lipinski definition) is 0. The molecule has 0 atom stereocenters. The first-order valence-electron chi connectivity index (χ1n) is 19.7. The maximum Gasteiger partial charge on any atom is 0.143 e. The first kappa shape index (κ1) is 31.9. The van der Waals surface area contributed by atoms with Gasteiger partial charge in [-0.1, -0.05) is 170 Å². The Labute approximate surface area is 330 Å². The fraction of sp³-hybridized carbons (Fsp3) is 0.0182. The zero-order valence-corrected chi connectivity index (χ0v) is 31.1. The summed E-state index contributed by atoms with van der Waals surface area (Å²) < 4.78 is 9.13. The number of fused-ring (bicyclic) bond motifs is 9. The highest BCUT2D eigenvalue weighted by Gasteiger charge is 2.46. The smallest absolute Gasteiger partial charge is 0.143 e. The van der Waals surface area contributed by atoms with Crippen LogP contribution >= 0.6 is 0 Å². The summed E-state index contributed by atoms with van der Waals surface area (Å²) >= 11 is 0. The maximum absolute atomic E-state index is 6.64. The molecule has 57 heavy (non-hydrogen) atoms. The van der Waals surface area contributed by atoms with Crippen LogP contribution in [0.1, 0.15) is 22.3 Å². The van der Waals surface area contributed by atoms with Gasteiger partial charge in [-0.25, -0.2) is 0 Å². The molecule has 0 unspecified atom stereocenters. The highest BCUT2D eigenvalue weighted by atomic mass is 16.3. The van der Waals surface area contributed by atoms with Gasteiger partial charge in [0, 0.05) is 32.8 Å². The average molecular weight is 726 g/mol. The predicted molar refractivity (Wildman–Crippen MR) is 236 cm³/mol. The summed E-state index contributed by atoms with van der Waals surface area (Å²) in [6, 6.07) is 77.6. The second-order valence-electron chi connectivity index (χ2n) is 15.2. The molecule has 2 nitrogen and oxygen atoms in total. The van der Waals surface area contributed by atoms with E-state index in [9.17, 15) is 0 Å². The minimum atomic E-state index is -0.502. The number of nitrogens with zero attached hydrogens (tertiary/aromatic N) is 1. The first-order chi connectivity index (χ1) is 28.3. The molecular weight excluding hydrogens is 691 g/mol. The van der Waals surface area contributed by atoms with Crippen LogP contribution in [0.5, 0.6) is 0 Å². The van der Waals surface area contributed by atoms with Gasteiger partial charge in [-0.05, 0) is 92.5 Å². The van der Waals surface area contributed by atoms with Gasteiger partial charge < -0.3 is 8.98 Å². The number of rotatable bonds is 5. The van der Waals surface area contributed by atoms with E-state index < -0.39 is 5.41 Å². The highest BCUT2D eigenvalue weighted by Crippen LogP contribution is 2.57. The van der Waals surface area contributed by atoms with E-state index >= 15 is 0 Å². The van der Waals surface area contributed by atoms with E-state index in [0.29, 0.717) is 0 Å². The Hall–Kier alpha value is -7.42. The predicted octanol–water partition coefficient (Wildman–Crippen LogP) is 14.4. The molecule has 0 saturated heterocycles. The number of aromatic nitrogens is 1. The standard InChI is InChI=1S/C55H35NO/c1-4-17-36(18-5-1)37-31-38(42-26-16-27-46-45-25-12-15-30-53(45)57-54(42)46)33-41(32-37)56-51-29-14-11-24-44(51)48-34-47-43-23-10-13-28-49(43)55(50(47)35-52(48)56,39-19-6-2-7-20-39)40-21-8-3-9-22-40/h1-35H. The molecular formula is C55H35NO. The first-order valence-corrected chi connectivity index (χ1v) is 19.7. The fourth-order valence-corrected chi connectivity index (χ4v) is 9.85. The van der Waals surface area contributed by atoms with E-state index in [4.69, 9.17) is 4.42 Å². The van der Waals surface area contributed by atoms with Gasteiger partial charge in [0.1, 0.15) is 11.2 Å². The Morgan fingerprint density at radius 3 is 1.75 bits per heavy atom. The lowest BCUT2D eigenvalue weighted by molar-refractivity contribution is 0.670. The third-order valence-electron chi connectivity index (χ3n) is 12.2. The van der Waals surface area contributed by atoms with Gasteiger partial charge in [-0.3, -0.25) is 0 Å². The third kappa shape index (κ3) is 4.59. The van der Waals surface area contributed by atoms with Crippen molar-refractivity contribution in [3.05, 3.63) is 235 Å². The van der Waals surface area contributed by atoms with Gasteiger partial charge >= 0.3 is 0 Å². The molecule has 2 heteroatoms. The third-order valence-corrected chi connectivity index (χ3v) is 12.2. The number of benzene rings is 9. The highest BCUT2D eigenvalue weighted by molar-refractivity contribution is 6.13. The summed E-state index contributed by atoms with van der Waals surface area (Å²) in [6.45, 7) is 0. The van der Waals surface area contributed by atoms with Crippen LogP contribution in [0.15, 0.2) is 217 Å². The second-order valence-corrected chi connectivity index (χ2v) is 15.2. The molecule has 1 aliphatic carbocycles. The average Bonchev–Trinajstić information content (AvgIpc) is 3.92. The van der Waals surface area contributed by atoms with Crippen molar-refractivity contribution in [3.8, 4) is 39.1 Å². The Morgan fingerprint density at radius 2 is 0.965 bits per heavy atom. The lowest BCUT2D eigenvalue weighted by Crippen LogP contribution is -2.28. The van der Waals surface area contributed by atoms with Crippen LogP contribution in [0.2, 0.25) is 0 Å². The molecule has 0 radical (unpaired) electrons. The molecule has 12 rings (SSSR count). The van der Waals surface area contributed by atoms with E-state index in [0.717, 1.165) is 44.3 Å². The lowest BCUT2D eigenvalue weighted by atomic mass is 9.67. The number of furan rings is 1. The summed E-state index contributed by atoms with van der Waals surface area (Å²) in [5.74, 6) is 0. The molecule has 0 aliphatic heterocycles. The van der Waals surface area contributed by atoms with Gasteiger partial charge in [0.2, 0.25) is 0 Å². The fourth-order valence-electron chi connectivity index (χ4n) is 9.85. The molecule has 0 amide bonds. The van der Waals surface area contributed by atoms with Crippen molar-refractivity contribution in [2.24, 2.45) is 0 Å². The number of hydrogen-bond acceptors (Lipinski definition) is 1. The molecule has 11 aromatic rings. The molecule has 266 valence electrons. The second kappa shape index (κ2) is 12.3. The molecule has 2 heterocycles. The van der Waals surface area contributed by atoms with Crippen molar-refractivity contribution in [2.75, 3.05) is 0 Å². The summed E-state index contributed by atoms with van der Waals surface area (Å²) in [4.78, 5) is 0. The lowest BCUT2D eigenvalue weighted by Gasteiger charge is -2.34. The van der Waals surface area contributed by atoms with Gasteiger partial charge in [0.25, 0.3) is 0 Å². The van der Waals surface area contributed by atoms with E-state index in [1.165, 1.54) is 60.8 Å². The van der Waals surface area contributed by atoms with Gasteiger partial charge in [-0.2, -0.15) is 0 Å².